The highest BCUT2D eigenvalue weighted by Gasteiger charge is 2.53. The molecule has 1 aromatic carbocycles. The predicted octanol–water partition coefficient (Wildman–Crippen LogP) is 2.55. The van der Waals surface area contributed by atoms with Crippen LogP contribution in [0.5, 0.6) is 0 Å². The van der Waals surface area contributed by atoms with Gasteiger partial charge >= 0.3 is 0 Å². The van der Waals surface area contributed by atoms with Gasteiger partial charge in [-0.05, 0) is 63.3 Å². The first-order chi connectivity index (χ1) is 16.8. The zero-order valence-electron chi connectivity index (χ0n) is 21.1. The molecule has 190 valence electrons. The number of anilines is 2. The summed E-state index contributed by atoms with van der Waals surface area (Å²) >= 11 is 0. The third-order valence-corrected chi connectivity index (χ3v) is 8.81. The molecule has 3 heterocycles. The smallest absolute Gasteiger partial charge is 0.239 e. The summed E-state index contributed by atoms with van der Waals surface area (Å²) in [7, 11) is 2.13. The molecule has 0 aromatic heterocycles. The van der Waals surface area contributed by atoms with E-state index in [-0.39, 0.29) is 29.2 Å². The number of hydrogen-bond acceptors (Lipinski definition) is 5. The topological polar surface area (TPSA) is 85.0 Å². The Hall–Kier alpha value is -2.45. The molecule has 2 saturated heterocycles. The van der Waals surface area contributed by atoms with Crippen molar-refractivity contribution in [3.05, 3.63) is 23.8 Å². The van der Waals surface area contributed by atoms with Crippen molar-refractivity contribution in [1.82, 2.24) is 14.7 Å². The van der Waals surface area contributed by atoms with Gasteiger partial charge in [-0.1, -0.05) is 12.5 Å². The van der Waals surface area contributed by atoms with Crippen LogP contribution < -0.4 is 10.6 Å². The zero-order chi connectivity index (χ0) is 24.6. The van der Waals surface area contributed by atoms with E-state index in [4.69, 9.17) is 0 Å². The van der Waals surface area contributed by atoms with Crippen molar-refractivity contribution >= 4 is 29.1 Å². The van der Waals surface area contributed by atoms with Gasteiger partial charge in [0.1, 0.15) is 0 Å². The van der Waals surface area contributed by atoms with E-state index in [0.29, 0.717) is 18.8 Å². The van der Waals surface area contributed by atoms with Crippen molar-refractivity contribution < 1.29 is 14.4 Å². The highest BCUT2D eigenvalue weighted by Crippen LogP contribution is 2.51. The Morgan fingerprint density at radius 1 is 1.14 bits per heavy atom. The second kappa shape index (κ2) is 9.90. The molecule has 4 aliphatic rings. The number of nitrogens with zero attached hydrogens (tertiary/aromatic N) is 3. The molecule has 3 aliphatic heterocycles. The number of carbonyl (C=O) groups is 3. The maximum Gasteiger partial charge on any atom is 0.239 e. The number of likely N-dealkylation sites (tertiary alicyclic amines) is 1. The van der Waals surface area contributed by atoms with Crippen LogP contribution in [0.2, 0.25) is 0 Å². The quantitative estimate of drug-likeness (QED) is 0.675. The van der Waals surface area contributed by atoms with E-state index < -0.39 is 0 Å². The van der Waals surface area contributed by atoms with Crippen LogP contribution in [-0.2, 0) is 20.8 Å². The molecule has 2 atom stereocenters. The summed E-state index contributed by atoms with van der Waals surface area (Å²) < 4.78 is 0. The molecule has 1 spiro atoms. The first-order valence-corrected chi connectivity index (χ1v) is 13.3. The summed E-state index contributed by atoms with van der Waals surface area (Å²) in [6.45, 7) is 7.51. The molecule has 8 nitrogen and oxygen atoms in total. The van der Waals surface area contributed by atoms with E-state index in [1.54, 1.807) is 0 Å². The van der Waals surface area contributed by atoms with E-state index in [1.165, 1.54) is 0 Å². The fourth-order valence-corrected chi connectivity index (χ4v) is 6.52. The van der Waals surface area contributed by atoms with Crippen LogP contribution in [0.4, 0.5) is 11.4 Å². The molecule has 5 rings (SSSR count). The summed E-state index contributed by atoms with van der Waals surface area (Å²) in [5.74, 6) is 0.603. The van der Waals surface area contributed by atoms with E-state index in [2.05, 4.69) is 27.5 Å². The number of piperazine rings is 1. The summed E-state index contributed by atoms with van der Waals surface area (Å²) in [6.07, 6.45) is 6.01. The lowest BCUT2D eigenvalue weighted by molar-refractivity contribution is -0.152. The number of amides is 3. The number of fused-ring (bicyclic) bond motifs is 1. The Bertz CT molecular complexity index is 981. The van der Waals surface area contributed by atoms with Gasteiger partial charge in [-0.3, -0.25) is 19.3 Å². The Morgan fingerprint density at radius 2 is 1.91 bits per heavy atom. The molecule has 0 bridgehead atoms. The lowest BCUT2D eigenvalue weighted by atomic mass is 9.70. The Kier molecular flexibility index (Phi) is 6.86. The number of hydrogen-bond donors (Lipinski definition) is 2. The van der Waals surface area contributed by atoms with Gasteiger partial charge in [0, 0.05) is 68.9 Å². The SMILES string of the molecule is CC(C(=O)N1CC2(CCCC2CC(=O)Nc2ccc3c(c2)NC(=O)CCC3)C1)N1CCN(C)CC1. The van der Waals surface area contributed by atoms with Crippen molar-refractivity contribution in [2.24, 2.45) is 11.3 Å². The number of nitrogens with one attached hydrogen (secondary N) is 2. The average molecular weight is 482 g/mol. The molecule has 0 radical (unpaired) electrons. The van der Waals surface area contributed by atoms with E-state index in [1.807, 2.05) is 30.0 Å². The van der Waals surface area contributed by atoms with Crippen LogP contribution in [-0.4, -0.2) is 84.8 Å². The first kappa shape index (κ1) is 24.3. The minimum atomic E-state index is -0.0714. The maximum absolute atomic E-state index is 13.1. The number of likely N-dealkylation sites (N-methyl/N-ethyl adjacent to an activating group) is 1. The van der Waals surface area contributed by atoms with Gasteiger partial charge in [0.25, 0.3) is 0 Å². The van der Waals surface area contributed by atoms with Gasteiger partial charge in [-0.2, -0.15) is 0 Å². The normalized spacial score (nSPS) is 25.4. The van der Waals surface area contributed by atoms with Crippen LogP contribution >= 0.6 is 0 Å². The first-order valence-electron chi connectivity index (χ1n) is 13.3. The Balaban J connectivity index is 1.15. The second-order valence-electron chi connectivity index (χ2n) is 11.2. The third kappa shape index (κ3) is 5.09. The highest BCUT2D eigenvalue weighted by molar-refractivity contribution is 5.95. The van der Waals surface area contributed by atoms with Gasteiger partial charge in [0.2, 0.25) is 17.7 Å². The fraction of sp³-hybridized carbons (Fsp3) is 0.667. The number of rotatable bonds is 5. The van der Waals surface area contributed by atoms with Gasteiger partial charge in [-0.25, -0.2) is 0 Å². The Morgan fingerprint density at radius 3 is 2.69 bits per heavy atom. The van der Waals surface area contributed by atoms with Crippen LogP contribution in [0, 0.1) is 11.3 Å². The minimum absolute atomic E-state index is 0.0201. The second-order valence-corrected chi connectivity index (χ2v) is 11.2. The summed E-state index contributed by atoms with van der Waals surface area (Å²) in [6, 6.07) is 5.75. The van der Waals surface area contributed by atoms with Crippen LogP contribution in [0.15, 0.2) is 18.2 Å². The molecule has 3 amide bonds. The molecule has 8 heteroatoms. The summed E-state index contributed by atoms with van der Waals surface area (Å²) in [5.41, 5.74) is 2.75. The van der Waals surface area contributed by atoms with Crippen molar-refractivity contribution in [3.63, 3.8) is 0 Å². The molecular weight excluding hydrogens is 442 g/mol. The van der Waals surface area contributed by atoms with E-state index in [9.17, 15) is 14.4 Å². The number of aryl methyl sites for hydroxylation is 1. The van der Waals surface area contributed by atoms with Gasteiger partial charge in [0.05, 0.1) is 6.04 Å². The Labute approximate surface area is 208 Å². The van der Waals surface area contributed by atoms with E-state index >= 15 is 0 Å². The molecule has 35 heavy (non-hydrogen) atoms. The average Bonchev–Trinajstić information content (AvgIpc) is 3.12. The monoisotopic (exact) mass is 481 g/mol. The highest BCUT2D eigenvalue weighted by atomic mass is 16.2. The van der Waals surface area contributed by atoms with Crippen molar-refractivity contribution in [2.75, 3.05) is 56.9 Å². The maximum atomic E-state index is 13.1. The zero-order valence-corrected chi connectivity index (χ0v) is 21.1. The molecule has 2 unspecified atom stereocenters. The molecule has 2 N–H and O–H groups in total. The van der Waals surface area contributed by atoms with Crippen molar-refractivity contribution in [1.29, 1.82) is 0 Å². The number of benzene rings is 1. The number of carbonyl (C=O) groups excluding carboxylic acids is 3. The third-order valence-electron chi connectivity index (χ3n) is 8.81. The van der Waals surface area contributed by atoms with E-state index in [0.717, 1.165) is 88.3 Å². The standard InChI is InChI=1S/C27H39N5O3/c1-19(31-13-11-30(2)12-14-31)26(35)32-17-27(18-32)10-4-6-21(27)15-25(34)28-22-9-8-20-5-3-7-24(33)29-23(20)16-22/h8-9,16,19,21H,3-7,10-15,17-18H2,1-2H3,(H,28,34)(H,29,33). The van der Waals surface area contributed by atoms with Gasteiger partial charge in [-0.15, -0.1) is 0 Å². The van der Waals surface area contributed by atoms with Crippen molar-refractivity contribution in [3.8, 4) is 0 Å². The van der Waals surface area contributed by atoms with Gasteiger partial charge in [0.15, 0.2) is 0 Å². The summed E-state index contributed by atoms with van der Waals surface area (Å²) in [5, 5.41) is 6.01. The molecule has 1 aliphatic carbocycles. The predicted molar refractivity (Wildman–Crippen MR) is 136 cm³/mol. The van der Waals surface area contributed by atoms with Crippen molar-refractivity contribution in [2.45, 2.75) is 57.9 Å². The lowest BCUT2D eigenvalue weighted by Gasteiger charge is -2.53. The molecule has 1 aromatic rings. The van der Waals surface area contributed by atoms with Gasteiger partial charge < -0.3 is 20.4 Å². The summed E-state index contributed by atoms with van der Waals surface area (Å²) in [4.78, 5) is 44.6. The van der Waals surface area contributed by atoms with Crippen LogP contribution in [0.3, 0.4) is 0 Å². The molecular formula is C27H39N5O3. The molecule has 3 fully saturated rings. The van der Waals surface area contributed by atoms with Crippen LogP contribution in [0.1, 0.15) is 51.0 Å². The lowest BCUT2D eigenvalue weighted by Crippen LogP contribution is -2.64. The fourth-order valence-electron chi connectivity index (χ4n) is 6.52. The minimum Gasteiger partial charge on any atom is -0.340 e. The largest absolute Gasteiger partial charge is 0.340 e. The molecule has 1 saturated carbocycles. The van der Waals surface area contributed by atoms with Crippen LogP contribution in [0.25, 0.3) is 0 Å².